The zero-order valence-corrected chi connectivity index (χ0v) is 15.5. The van der Waals surface area contributed by atoms with Gasteiger partial charge in [-0.3, -0.25) is 14.5 Å². The lowest BCUT2D eigenvalue weighted by molar-refractivity contribution is -0.125. The maximum Gasteiger partial charge on any atom is 0.237 e. The molecule has 1 aromatic carbocycles. The molecule has 1 aliphatic rings. The average Bonchev–Trinajstić information content (AvgIpc) is 2.90. The maximum absolute atomic E-state index is 12.1. The highest BCUT2D eigenvalue weighted by Gasteiger charge is 2.34. The topological polar surface area (TPSA) is 61.4 Å². The normalized spacial score (nSPS) is 20.8. The summed E-state index contributed by atoms with van der Waals surface area (Å²) >= 11 is 1.62. The summed E-state index contributed by atoms with van der Waals surface area (Å²) in [5, 5.41) is 5.91. The van der Waals surface area contributed by atoms with Gasteiger partial charge in [0.05, 0.1) is 11.8 Å². The molecule has 6 heteroatoms. The number of nitrogens with zero attached hydrogens (tertiary/aromatic N) is 1. The Kier molecular flexibility index (Phi) is 7.12. The zero-order valence-electron chi connectivity index (χ0n) is 14.7. The molecule has 0 unspecified atom stereocenters. The first-order valence-electron chi connectivity index (χ1n) is 8.40. The summed E-state index contributed by atoms with van der Waals surface area (Å²) in [7, 11) is 1.93. The molecule has 2 atom stereocenters. The zero-order chi connectivity index (χ0) is 17.5. The van der Waals surface area contributed by atoms with Crippen molar-refractivity contribution in [2.75, 3.05) is 25.9 Å². The monoisotopic (exact) mass is 349 g/mol. The van der Waals surface area contributed by atoms with E-state index in [9.17, 15) is 9.59 Å². The fraction of sp³-hybridized carbons (Fsp3) is 0.556. The van der Waals surface area contributed by atoms with Crippen LogP contribution < -0.4 is 10.6 Å². The quantitative estimate of drug-likeness (QED) is 0.784. The van der Waals surface area contributed by atoms with Crippen molar-refractivity contribution in [3.63, 3.8) is 0 Å². The summed E-state index contributed by atoms with van der Waals surface area (Å²) in [4.78, 5) is 26.1. The Morgan fingerprint density at radius 3 is 2.79 bits per heavy atom. The molecule has 1 fully saturated rings. The molecule has 0 bridgehead atoms. The van der Waals surface area contributed by atoms with E-state index in [4.69, 9.17) is 0 Å². The van der Waals surface area contributed by atoms with Gasteiger partial charge in [0, 0.05) is 24.9 Å². The SMILES string of the molecule is CCNC(=O)[C@@H]1C[C@@H](NC(=O)CSCc2ccccc2C)CN1C. The van der Waals surface area contributed by atoms with Crippen LogP contribution in [-0.2, 0) is 15.3 Å². The number of carbonyl (C=O) groups is 2. The maximum atomic E-state index is 12.1. The van der Waals surface area contributed by atoms with Gasteiger partial charge >= 0.3 is 0 Å². The summed E-state index contributed by atoms with van der Waals surface area (Å²) in [5.41, 5.74) is 2.53. The van der Waals surface area contributed by atoms with E-state index < -0.39 is 0 Å². The van der Waals surface area contributed by atoms with Crippen molar-refractivity contribution in [3.8, 4) is 0 Å². The van der Waals surface area contributed by atoms with E-state index in [1.54, 1.807) is 11.8 Å². The Hall–Kier alpha value is -1.53. The van der Waals surface area contributed by atoms with Crippen LogP contribution in [0.5, 0.6) is 0 Å². The lowest BCUT2D eigenvalue weighted by atomic mass is 10.1. The largest absolute Gasteiger partial charge is 0.355 e. The molecule has 0 aliphatic carbocycles. The van der Waals surface area contributed by atoms with Crippen molar-refractivity contribution < 1.29 is 9.59 Å². The van der Waals surface area contributed by atoms with E-state index in [1.165, 1.54) is 11.1 Å². The Bertz CT molecular complexity index is 579. The Morgan fingerprint density at radius 2 is 2.08 bits per heavy atom. The third kappa shape index (κ3) is 5.24. The summed E-state index contributed by atoms with van der Waals surface area (Å²) in [6, 6.07) is 8.15. The molecule has 132 valence electrons. The van der Waals surface area contributed by atoms with Crippen molar-refractivity contribution in [2.45, 2.75) is 38.1 Å². The van der Waals surface area contributed by atoms with Crippen molar-refractivity contribution in [1.82, 2.24) is 15.5 Å². The minimum atomic E-state index is -0.144. The van der Waals surface area contributed by atoms with Gasteiger partial charge in [0.15, 0.2) is 0 Å². The fourth-order valence-electron chi connectivity index (χ4n) is 3.00. The van der Waals surface area contributed by atoms with E-state index in [-0.39, 0.29) is 23.9 Å². The molecular weight excluding hydrogens is 322 g/mol. The smallest absolute Gasteiger partial charge is 0.237 e. The van der Waals surface area contributed by atoms with Crippen LogP contribution >= 0.6 is 11.8 Å². The highest BCUT2D eigenvalue weighted by Crippen LogP contribution is 2.18. The van der Waals surface area contributed by atoms with Crippen LogP contribution in [0, 0.1) is 6.92 Å². The number of amides is 2. The van der Waals surface area contributed by atoms with Gasteiger partial charge in [-0.05, 0) is 38.4 Å². The highest BCUT2D eigenvalue weighted by molar-refractivity contribution is 7.99. The van der Waals surface area contributed by atoms with E-state index >= 15 is 0 Å². The second-order valence-corrected chi connectivity index (χ2v) is 7.25. The van der Waals surface area contributed by atoms with E-state index in [0.717, 1.165) is 12.3 Å². The molecule has 2 rings (SSSR count). The molecule has 1 aliphatic heterocycles. The van der Waals surface area contributed by atoms with E-state index in [0.29, 0.717) is 18.7 Å². The van der Waals surface area contributed by atoms with Crippen molar-refractivity contribution in [2.24, 2.45) is 0 Å². The Balaban J connectivity index is 1.73. The summed E-state index contributed by atoms with van der Waals surface area (Å²) in [5.74, 6) is 1.38. The minimum absolute atomic E-state index is 0.0449. The van der Waals surface area contributed by atoms with Gasteiger partial charge in [0.2, 0.25) is 11.8 Å². The number of nitrogens with one attached hydrogen (secondary N) is 2. The first-order valence-corrected chi connectivity index (χ1v) is 9.56. The molecule has 2 N–H and O–H groups in total. The number of rotatable bonds is 7. The third-order valence-corrected chi connectivity index (χ3v) is 5.30. The average molecular weight is 350 g/mol. The molecular formula is C18H27N3O2S. The molecule has 0 saturated carbocycles. The van der Waals surface area contributed by atoms with Crippen LogP contribution in [0.1, 0.15) is 24.5 Å². The van der Waals surface area contributed by atoms with Crippen LogP contribution in [0.15, 0.2) is 24.3 Å². The highest BCUT2D eigenvalue weighted by atomic mass is 32.2. The van der Waals surface area contributed by atoms with Gasteiger partial charge in [0.25, 0.3) is 0 Å². The molecule has 1 heterocycles. The van der Waals surface area contributed by atoms with Crippen LogP contribution in [-0.4, -0.2) is 54.7 Å². The number of likely N-dealkylation sites (N-methyl/N-ethyl adjacent to an activating group) is 2. The Labute approximate surface area is 148 Å². The van der Waals surface area contributed by atoms with Crippen molar-refractivity contribution in [1.29, 1.82) is 0 Å². The molecule has 0 aromatic heterocycles. The summed E-state index contributed by atoms with van der Waals surface area (Å²) in [6.07, 6.45) is 0.677. The second-order valence-electron chi connectivity index (χ2n) is 6.27. The van der Waals surface area contributed by atoms with Gasteiger partial charge in [-0.2, -0.15) is 0 Å². The summed E-state index contributed by atoms with van der Waals surface area (Å²) < 4.78 is 0. The number of thioether (sulfide) groups is 1. The van der Waals surface area contributed by atoms with Crippen LogP contribution in [0.4, 0.5) is 0 Å². The predicted octanol–water partition coefficient (Wildman–Crippen LogP) is 1.55. The Morgan fingerprint density at radius 1 is 1.33 bits per heavy atom. The predicted molar refractivity (Wildman–Crippen MR) is 99.0 cm³/mol. The third-order valence-electron chi connectivity index (χ3n) is 4.32. The van der Waals surface area contributed by atoms with Gasteiger partial charge in [-0.15, -0.1) is 11.8 Å². The van der Waals surface area contributed by atoms with E-state index in [2.05, 4.69) is 29.7 Å². The van der Waals surface area contributed by atoms with E-state index in [1.807, 2.05) is 31.0 Å². The van der Waals surface area contributed by atoms with Crippen molar-refractivity contribution >= 4 is 23.6 Å². The van der Waals surface area contributed by atoms with Gasteiger partial charge < -0.3 is 10.6 Å². The molecule has 24 heavy (non-hydrogen) atoms. The number of hydrogen-bond donors (Lipinski definition) is 2. The van der Waals surface area contributed by atoms with Crippen LogP contribution in [0.2, 0.25) is 0 Å². The molecule has 1 aromatic rings. The first kappa shape index (κ1) is 18.8. The van der Waals surface area contributed by atoms with Crippen molar-refractivity contribution in [3.05, 3.63) is 35.4 Å². The fourth-order valence-corrected chi connectivity index (χ4v) is 3.91. The number of likely N-dealkylation sites (tertiary alicyclic amines) is 1. The molecule has 1 saturated heterocycles. The summed E-state index contributed by atoms with van der Waals surface area (Å²) in [6.45, 7) is 5.36. The number of aryl methyl sites for hydroxylation is 1. The standard InChI is InChI=1S/C18H27N3O2S/c1-4-19-18(23)16-9-15(10-21(16)3)20-17(22)12-24-11-14-8-6-5-7-13(14)2/h5-8,15-16H,4,9-12H2,1-3H3,(H,19,23)(H,20,22)/t15-,16+/m1/s1. The molecule has 0 spiro atoms. The molecule has 0 radical (unpaired) electrons. The lowest BCUT2D eigenvalue weighted by Gasteiger charge is -2.17. The number of carbonyl (C=O) groups excluding carboxylic acids is 2. The van der Waals surface area contributed by atoms with Crippen LogP contribution in [0.25, 0.3) is 0 Å². The van der Waals surface area contributed by atoms with Gasteiger partial charge in [-0.1, -0.05) is 24.3 Å². The number of benzene rings is 1. The minimum Gasteiger partial charge on any atom is -0.355 e. The van der Waals surface area contributed by atoms with Gasteiger partial charge in [0.1, 0.15) is 0 Å². The molecule has 5 nitrogen and oxygen atoms in total. The van der Waals surface area contributed by atoms with Crippen LogP contribution in [0.3, 0.4) is 0 Å². The second kappa shape index (κ2) is 9.08. The number of hydrogen-bond acceptors (Lipinski definition) is 4. The van der Waals surface area contributed by atoms with Gasteiger partial charge in [-0.25, -0.2) is 0 Å². The lowest BCUT2D eigenvalue weighted by Crippen LogP contribution is -2.41. The first-order chi connectivity index (χ1) is 11.5. The molecule has 2 amide bonds.